The lowest BCUT2D eigenvalue weighted by atomic mass is 9.84. The van der Waals surface area contributed by atoms with E-state index in [-0.39, 0.29) is 10.8 Å². The molecule has 0 unspecified atom stereocenters. The fourth-order valence-corrected chi connectivity index (χ4v) is 3.02. The summed E-state index contributed by atoms with van der Waals surface area (Å²) >= 11 is 0. The molecule has 0 aliphatic carbocycles. The van der Waals surface area contributed by atoms with Crippen molar-refractivity contribution in [1.82, 2.24) is 4.90 Å². The van der Waals surface area contributed by atoms with E-state index in [1.165, 1.54) is 0 Å². The van der Waals surface area contributed by atoms with Gasteiger partial charge in [0.25, 0.3) is 0 Å². The van der Waals surface area contributed by atoms with Gasteiger partial charge in [0.05, 0.1) is 11.5 Å². The maximum absolute atomic E-state index is 11.4. The normalized spacial score (nSPS) is 27.3. The van der Waals surface area contributed by atoms with Gasteiger partial charge in [0.15, 0.2) is 0 Å². The Morgan fingerprint density at radius 2 is 2.00 bits per heavy atom. The summed E-state index contributed by atoms with van der Waals surface area (Å²) in [6.45, 7) is 6.68. The number of benzene rings is 1. The van der Waals surface area contributed by atoms with E-state index in [1.807, 2.05) is 52.1 Å². The molecule has 1 aliphatic heterocycles. The third kappa shape index (κ3) is 1.90. The maximum atomic E-state index is 11.4. The van der Waals surface area contributed by atoms with Gasteiger partial charge < -0.3 is 0 Å². The second kappa shape index (κ2) is 4.35. The molecule has 4 nitrogen and oxygen atoms in total. The molecule has 1 aliphatic rings. The van der Waals surface area contributed by atoms with E-state index < -0.39 is 11.6 Å². The Bertz CT molecular complexity index is 471. The summed E-state index contributed by atoms with van der Waals surface area (Å²) in [5.74, 6) is -0.0267. The summed E-state index contributed by atoms with van der Waals surface area (Å²) in [5.41, 5.74) is 1.84. The highest BCUT2D eigenvalue weighted by Crippen LogP contribution is 2.40. The van der Waals surface area contributed by atoms with Gasteiger partial charge in [-0.05, 0) is 38.9 Å². The standard InChI is InChI=1S/C14H20N2O2/c1-10-7-5-6-8-11(10)12-9-15(4)14(2,3)13(12)16(17)18/h5-8,12-13H,9H2,1-4H3/t12-,13-/m0/s1. The number of aryl methyl sites for hydroxylation is 1. The van der Waals surface area contributed by atoms with Gasteiger partial charge in [-0.25, -0.2) is 0 Å². The number of hydrogen-bond donors (Lipinski definition) is 0. The molecule has 18 heavy (non-hydrogen) atoms. The zero-order chi connectivity index (χ0) is 13.5. The van der Waals surface area contributed by atoms with Gasteiger partial charge in [0, 0.05) is 11.5 Å². The fourth-order valence-electron chi connectivity index (χ4n) is 3.02. The molecule has 0 saturated carbocycles. The van der Waals surface area contributed by atoms with Crippen LogP contribution < -0.4 is 0 Å². The first-order chi connectivity index (χ1) is 8.35. The molecule has 0 N–H and O–H groups in total. The van der Waals surface area contributed by atoms with Gasteiger partial charge in [0.2, 0.25) is 6.04 Å². The summed E-state index contributed by atoms with van der Waals surface area (Å²) in [6.07, 6.45) is 0. The van der Waals surface area contributed by atoms with Crippen LogP contribution in [0, 0.1) is 17.0 Å². The molecule has 4 heteroatoms. The topological polar surface area (TPSA) is 46.4 Å². The molecule has 1 fully saturated rings. The molecule has 1 saturated heterocycles. The average Bonchev–Trinajstić information content (AvgIpc) is 2.50. The van der Waals surface area contributed by atoms with Crippen molar-refractivity contribution in [2.45, 2.75) is 38.3 Å². The lowest BCUT2D eigenvalue weighted by Gasteiger charge is -2.28. The van der Waals surface area contributed by atoms with Crippen molar-refractivity contribution in [3.05, 3.63) is 45.5 Å². The lowest BCUT2D eigenvalue weighted by Crippen LogP contribution is -2.47. The number of likely N-dealkylation sites (N-methyl/N-ethyl adjacent to an activating group) is 1. The molecular formula is C14H20N2O2. The van der Waals surface area contributed by atoms with E-state index in [1.54, 1.807) is 0 Å². The molecule has 98 valence electrons. The van der Waals surface area contributed by atoms with Crippen LogP contribution in [0.2, 0.25) is 0 Å². The number of hydrogen-bond acceptors (Lipinski definition) is 3. The Labute approximate surface area is 108 Å². The molecule has 0 spiro atoms. The minimum absolute atomic E-state index is 0.0267. The Kier molecular flexibility index (Phi) is 3.15. The number of nitrogens with zero attached hydrogens (tertiary/aromatic N) is 2. The quantitative estimate of drug-likeness (QED) is 0.596. The van der Waals surface area contributed by atoms with Crippen LogP contribution in [-0.4, -0.2) is 35.0 Å². The zero-order valence-corrected chi connectivity index (χ0v) is 11.4. The summed E-state index contributed by atoms with van der Waals surface area (Å²) in [5, 5.41) is 11.4. The summed E-state index contributed by atoms with van der Waals surface area (Å²) in [6, 6.07) is 7.43. The first-order valence-electron chi connectivity index (χ1n) is 6.26. The van der Waals surface area contributed by atoms with Gasteiger partial charge in [-0.15, -0.1) is 0 Å². The highest BCUT2D eigenvalue weighted by Gasteiger charge is 2.54. The van der Waals surface area contributed by atoms with Crippen LogP contribution in [0.3, 0.4) is 0 Å². The van der Waals surface area contributed by atoms with Crippen molar-refractivity contribution in [2.24, 2.45) is 0 Å². The smallest absolute Gasteiger partial charge is 0.238 e. The minimum Gasteiger partial charge on any atom is -0.294 e. The molecule has 2 rings (SSSR count). The van der Waals surface area contributed by atoms with Crippen molar-refractivity contribution >= 4 is 0 Å². The Morgan fingerprint density at radius 1 is 1.39 bits per heavy atom. The van der Waals surface area contributed by atoms with Crippen molar-refractivity contribution in [3.63, 3.8) is 0 Å². The molecule has 1 aromatic carbocycles. The lowest BCUT2D eigenvalue weighted by molar-refractivity contribution is -0.534. The SMILES string of the molecule is Cc1ccccc1[C@@H]1CN(C)C(C)(C)[C@H]1[N+](=O)[O-]. The number of rotatable bonds is 2. The highest BCUT2D eigenvalue weighted by atomic mass is 16.6. The first-order valence-corrected chi connectivity index (χ1v) is 6.26. The molecule has 0 radical (unpaired) electrons. The molecule has 0 amide bonds. The Balaban J connectivity index is 2.45. The molecule has 1 heterocycles. The number of nitro groups is 1. The van der Waals surface area contributed by atoms with Crippen LogP contribution >= 0.6 is 0 Å². The monoisotopic (exact) mass is 248 g/mol. The van der Waals surface area contributed by atoms with E-state index in [2.05, 4.69) is 4.90 Å². The van der Waals surface area contributed by atoms with Crippen LogP contribution in [0.15, 0.2) is 24.3 Å². The third-order valence-electron chi connectivity index (χ3n) is 4.37. The predicted molar refractivity (Wildman–Crippen MR) is 71.4 cm³/mol. The summed E-state index contributed by atoms with van der Waals surface area (Å²) < 4.78 is 0. The second-order valence-electron chi connectivity index (χ2n) is 5.73. The second-order valence-corrected chi connectivity index (χ2v) is 5.73. The largest absolute Gasteiger partial charge is 0.294 e. The minimum atomic E-state index is -0.552. The summed E-state index contributed by atoms with van der Waals surface area (Å²) in [7, 11) is 1.97. The Morgan fingerprint density at radius 3 is 2.56 bits per heavy atom. The van der Waals surface area contributed by atoms with Crippen LogP contribution in [-0.2, 0) is 0 Å². The molecule has 0 bridgehead atoms. The average molecular weight is 248 g/mol. The third-order valence-corrected chi connectivity index (χ3v) is 4.37. The van der Waals surface area contributed by atoms with E-state index in [4.69, 9.17) is 0 Å². The highest BCUT2D eigenvalue weighted by molar-refractivity contribution is 5.32. The molecule has 1 aromatic rings. The maximum Gasteiger partial charge on any atom is 0.238 e. The summed E-state index contributed by atoms with van der Waals surface area (Å²) in [4.78, 5) is 13.4. The van der Waals surface area contributed by atoms with Crippen LogP contribution in [0.5, 0.6) is 0 Å². The van der Waals surface area contributed by atoms with E-state index in [0.717, 1.165) is 17.7 Å². The van der Waals surface area contributed by atoms with Crippen molar-refractivity contribution in [3.8, 4) is 0 Å². The van der Waals surface area contributed by atoms with Crippen molar-refractivity contribution in [1.29, 1.82) is 0 Å². The molecular weight excluding hydrogens is 228 g/mol. The van der Waals surface area contributed by atoms with Crippen molar-refractivity contribution < 1.29 is 4.92 Å². The van der Waals surface area contributed by atoms with E-state index in [9.17, 15) is 10.1 Å². The first kappa shape index (κ1) is 13.0. The van der Waals surface area contributed by atoms with Crippen LogP contribution in [0.4, 0.5) is 0 Å². The van der Waals surface area contributed by atoms with Crippen LogP contribution in [0.1, 0.15) is 30.9 Å². The van der Waals surface area contributed by atoms with Gasteiger partial charge in [-0.1, -0.05) is 24.3 Å². The Hall–Kier alpha value is -1.42. The van der Waals surface area contributed by atoms with E-state index in [0.29, 0.717) is 0 Å². The van der Waals surface area contributed by atoms with Gasteiger partial charge in [-0.2, -0.15) is 0 Å². The fraction of sp³-hybridized carbons (Fsp3) is 0.571. The van der Waals surface area contributed by atoms with E-state index >= 15 is 0 Å². The number of likely N-dealkylation sites (tertiary alicyclic amines) is 1. The van der Waals surface area contributed by atoms with Gasteiger partial charge in [0.1, 0.15) is 0 Å². The van der Waals surface area contributed by atoms with Crippen molar-refractivity contribution in [2.75, 3.05) is 13.6 Å². The molecule has 0 aromatic heterocycles. The predicted octanol–water partition coefficient (Wildman–Crippen LogP) is 2.45. The molecule has 2 atom stereocenters. The van der Waals surface area contributed by atoms with Crippen LogP contribution in [0.25, 0.3) is 0 Å². The van der Waals surface area contributed by atoms with Gasteiger partial charge in [-0.3, -0.25) is 15.0 Å². The van der Waals surface area contributed by atoms with Gasteiger partial charge >= 0.3 is 0 Å². The zero-order valence-electron chi connectivity index (χ0n) is 11.4.